The molecule has 3 aromatic rings. The molecule has 6 nitrogen and oxygen atoms in total. The number of carbonyl (C=O) groups excluding carboxylic acids is 1. The molecule has 0 radical (unpaired) electrons. The summed E-state index contributed by atoms with van der Waals surface area (Å²) in [6.45, 7) is 1.55. The SMILES string of the molecule is COc1ccccc1C(C)NC(=O)CN1c2cccc3cccc(c23)S1(=O)=O. The standard InChI is InChI=1S/C21H20N2O4S/c1-14(16-9-3-4-11-18(16)27-2)22-20(24)13-23-17-10-5-7-15-8-6-12-19(21(15)17)28(23,25)26/h3-12,14H,13H2,1-2H3,(H,22,24). The molecule has 0 fully saturated rings. The predicted molar refractivity (Wildman–Crippen MR) is 108 cm³/mol. The van der Waals surface area contributed by atoms with E-state index in [0.29, 0.717) is 16.8 Å². The minimum absolute atomic E-state index is 0.242. The van der Waals surface area contributed by atoms with Crippen molar-refractivity contribution in [1.29, 1.82) is 0 Å². The molecule has 1 atom stereocenters. The first-order valence-corrected chi connectivity index (χ1v) is 10.3. The third-order valence-electron chi connectivity index (χ3n) is 4.95. The number of amides is 1. The van der Waals surface area contributed by atoms with Crippen molar-refractivity contribution in [3.8, 4) is 5.75 Å². The highest BCUT2D eigenvalue weighted by atomic mass is 32.2. The van der Waals surface area contributed by atoms with Crippen molar-refractivity contribution in [3.05, 3.63) is 66.2 Å². The Morgan fingerprint density at radius 3 is 2.54 bits per heavy atom. The minimum Gasteiger partial charge on any atom is -0.496 e. The number of hydrogen-bond acceptors (Lipinski definition) is 4. The largest absolute Gasteiger partial charge is 0.496 e. The molecule has 3 aromatic carbocycles. The summed E-state index contributed by atoms with van der Waals surface area (Å²) in [6.07, 6.45) is 0. The maximum absolute atomic E-state index is 13.0. The lowest BCUT2D eigenvalue weighted by Crippen LogP contribution is -2.39. The third kappa shape index (κ3) is 2.88. The topological polar surface area (TPSA) is 75.7 Å². The Bertz CT molecular complexity index is 1170. The fourth-order valence-electron chi connectivity index (χ4n) is 3.65. The van der Waals surface area contributed by atoms with Crippen LogP contribution in [-0.2, 0) is 14.8 Å². The van der Waals surface area contributed by atoms with Gasteiger partial charge in [0.1, 0.15) is 12.3 Å². The van der Waals surface area contributed by atoms with Crippen LogP contribution in [0.15, 0.2) is 65.6 Å². The number of para-hydroxylation sites is 1. The maximum atomic E-state index is 13.0. The van der Waals surface area contributed by atoms with Crippen molar-refractivity contribution in [2.75, 3.05) is 18.0 Å². The van der Waals surface area contributed by atoms with Gasteiger partial charge in [0.2, 0.25) is 5.91 Å². The number of sulfonamides is 1. The molecule has 1 aliphatic heterocycles. The van der Waals surface area contributed by atoms with Crippen LogP contribution in [0.5, 0.6) is 5.75 Å². The number of ether oxygens (including phenoxy) is 1. The van der Waals surface area contributed by atoms with E-state index in [1.54, 1.807) is 31.4 Å². The monoisotopic (exact) mass is 396 g/mol. The van der Waals surface area contributed by atoms with Crippen molar-refractivity contribution in [2.24, 2.45) is 0 Å². The number of benzene rings is 3. The third-order valence-corrected chi connectivity index (χ3v) is 6.75. The summed E-state index contributed by atoms with van der Waals surface area (Å²) in [5, 5.41) is 4.37. The van der Waals surface area contributed by atoms with Gasteiger partial charge in [0.25, 0.3) is 10.0 Å². The molecule has 0 saturated carbocycles. The van der Waals surface area contributed by atoms with Crippen molar-refractivity contribution in [1.82, 2.24) is 5.32 Å². The lowest BCUT2D eigenvalue weighted by atomic mass is 10.1. The molecular weight excluding hydrogens is 376 g/mol. The summed E-state index contributed by atoms with van der Waals surface area (Å²) in [7, 11) is -2.19. The molecule has 1 heterocycles. The highest BCUT2D eigenvalue weighted by Crippen LogP contribution is 2.41. The van der Waals surface area contributed by atoms with E-state index >= 15 is 0 Å². The van der Waals surface area contributed by atoms with Crippen LogP contribution in [0, 0.1) is 0 Å². The highest BCUT2D eigenvalue weighted by Gasteiger charge is 2.36. The zero-order valence-corrected chi connectivity index (χ0v) is 16.4. The first kappa shape index (κ1) is 18.3. The number of nitrogens with one attached hydrogen (secondary N) is 1. The molecular formula is C21H20N2O4S. The zero-order chi connectivity index (χ0) is 19.9. The van der Waals surface area contributed by atoms with Crippen LogP contribution in [0.25, 0.3) is 10.8 Å². The van der Waals surface area contributed by atoms with Crippen LogP contribution in [0.3, 0.4) is 0 Å². The van der Waals surface area contributed by atoms with E-state index in [2.05, 4.69) is 5.32 Å². The summed E-state index contributed by atoms with van der Waals surface area (Å²) < 4.78 is 32.5. The Kier molecular flexibility index (Phi) is 4.47. The summed E-state index contributed by atoms with van der Waals surface area (Å²) in [5.41, 5.74) is 1.36. The first-order chi connectivity index (χ1) is 13.4. The second kappa shape index (κ2) is 6.83. The van der Waals surface area contributed by atoms with Crippen molar-refractivity contribution in [3.63, 3.8) is 0 Å². The van der Waals surface area contributed by atoms with Crippen LogP contribution < -0.4 is 14.4 Å². The molecule has 4 rings (SSSR count). The van der Waals surface area contributed by atoms with E-state index in [9.17, 15) is 13.2 Å². The van der Waals surface area contributed by atoms with Gasteiger partial charge in [-0.3, -0.25) is 9.10 Å². The molecule has 144 valence electrons. The van der Waals surface area contributed by atoms with Crippen molar-refractivity contribution in [2.45, 2.75) is 17.9 Å². The number of methoxy groups -OCH3 is 1. The Hall–Kier alpha value is -3.06. The summed E-state index contributed by atoms with van der Waals surface area (Å²) >= 11 is 0. The molecule has 0 aromatic heterocycles. The van der Waals surface area contributed by atoms with Gasteiger partial charge in [-0.1, -0.05) is 42.5 Å². The molecule has 1 N–H and O–H groups in total. The Morgan fingerprint density at radius 2 is 1.79 bits per heavy atom. The maximum Gasteiger partial charge on any atom is 0.265 e. The zero-order valence-electron chi connectivity index (χ0n) is 15.5. The lowest BCUT2D eigenvalue weighted by Gasteiger charge is -2.21. The van der Waals surface area contributed by atoms with E-state index in [0.717, 1.165) is 10.9 Å². The van der Waals surface area contributed by atoms with Gasteiger partial charge in [-0.2, -0.15) is 0 Å². The van der Waals surface area contributed by atoms with Crippen LogP contribution in [0.4, 0.5) is 5.69 Å². The molecule has 28 heavy (non-hydrogen) atoms. The highest BCUT2D eigenvalue weighted by molar-refractivity contribution is 7.93. The van der Waals surface area contributed by atoms with E-state index in [1.165, 1.54) is 4.31 Å². The van der Waals surface area contributed by atoms with Crippen molar-refractivity contribution >= 4 is 32.4 Å². The number of nitrogens with zero attached hydrogens (tertiary/aromatic N) is 1. The molecule has 0 saturated heterocycles. The number of rotatable bonds is 5. The fraction of sp³-hybridized carbons (Fsp3) is 0.190. The molecule has 0 spiro atoms. The molecule has 0 aliphatic carbocycles. The van der Waals surface area contributed by atoms with Gasteiger partial charge in [-0.15, -0.1) is 0 Å². The van der Waals surface area contributed by atoms with E-state index < -0.39 is 10.0 Å². The number of carbonyl (C=O) groups is 1. The first-order valence-electron chi connectivity index (χ1n) is 8.90. The lowest BCUT2D eigenvalue weighted by molar-refractivity contribution is -0.120. The normalized spacial score (nSPS) is 15.4. The molecule has 1 aliphatic rings. The van der Waals surface area contributed by atoms with Gasteiger partial charge < -0.3 is 10.1 Å². The van der Waals surface area contributed by atoms with Crippen LogP contribution in [0.2, 0.25) is 0 Å². The summed E-state index contributed by atoms with van der Waals surface area (Å²) in [4.78, 5) is 12.9. The van der Waals surface area contributed by atoms with Gasteiger partial charge in [-0.05, 0) is 30.5 Å². The average molecular weight is 396 g/mol. The van der Waals surface area contributed by atoms with Gasteiger partial charge in [0.05, 0.1) is 23.7 Å². The van der Waals surface area contributed by atoms with Crippen LogP contribution in [-0.4, -0.2) is 28.0 Å². The Labute approximate surface area is 163 Å². The molecule has 0 bridgehead atoms. The number of anilines is 1. The van der Waals surface area contributed by atoms with Gasteiger partial charge in [0, 0.05) is 10.9 Å². The van der Waals surface area contributed by atoms with E-state index in [1.807, 2.05) is 43.3 Å². The van der Waals surface area contributed by atoms with E-state index in [-0.39, 0.29) is 23.4 Å². The second-order valence-electron chi connectivity index (χ2n) is 6.67. The van der Waals surface area contributed by atoms with Gasteiger partial charge >= 0.3 is 0 Å². The smallest absolute Gasteiger partial charge is 0.265 e. The second-order valence-corrected chi connectivity index (χ2v) is 8.50. The fourth-order valence-corrected chi connectivity index (χ4v) is 5.31. The molecule has 1 amide bonds. The summed E-state index contributed by atoms with van der Waals surface area (Å²) in [6, 6.07) is 17.6. The molecule has 7 heteroatoms. The quantitative estimate of drug-likeness (QED) is 0.718. The van der Waals surface area contributed by atoms with Gasteiger partial charge in [-0.25, -0.2) is 8.42 Å². The summed E-state index contributed by atoms with van der Waals surface area (Å²) in [5.74, 6) is 0.285. The Morgan fingerprint density at radius 1 is 1.07 bits per heavy atom. The van der Waals surface area contributed by atoms with Crippen LogP contribution in [0.1, 0.15) is 18.5 Å². The van der Waals surface area contributed by atoms with Crippen molar-refractivity contribution < 1.29 is 17.9 Å². The van der Waals surface area contributed by atoms with E-state index in [4.69, 9.17) is 4.74 Å². The predicted octanol–water partition coefficient (Wildman–Crippen LogP) is 3.23. The average Bonchev–Trinajstić information content (AvgIpc) is 2.91. The number of hydrogen-bond donors (Lipinski definition) is 1. The van der Waals surface area contributed by atoms with Gasteiger partial charge in [0.15, 0.2) is 0 Å². The molecule has 1 unspecified atom stereocenters. The minimum atomic E-state index is -3.76. The Balaban J connectivity index is 1.60. The van der Waals surface area contributed by atoms with Crippen LogP contribution >= 0.6 is 0 Å².